The summed E-state index contributed by atoms with van der Waals surface area (Å²) in [7, 11) is 0. The molecule has 4 heterocycles. The normalized spacial score (nSPS) is 25.3. The molecular formula is C24H29N7. The van der Waals surface area contributed by atoms with Crippen LogP contribution in [0.1, 0.15) is 64.7 Å². The van der Waals surface area contributed by atoms with Gasteiger partial charge in [-0.2, -0.15) is 0 Å². The highest BCUT2D eigenvalue weighted by Gasteiger charge is 2.51. The minimum atomic E-state index is 0.179. The smallest absolute Gasteiger partial charge is 0.241 e. The zero-order valence-corrected chi connectivity index (χ0v) is 18.7. The molecule has 160 valence electrons. The van der Waals surface area contributed by atoms with E-state index in [0.717, 1.165) is 39.7 Å². The van der Waals surface area contributed by atoms with Crippen LogP contribution in [0.25, 0.3) is 27.9 Å². The molecule has 31 heavy (non-hydrogen) atoms. The highest BCUT2D eigenvalue weighted by molar-refractivity contribution is 5.82. The quantitative estimate of drug-likeness (QED) is 0.498. The molecule has 7 nitrogen and oxygen atoms in total. The van der Waals surface area contributed by atoms with E-state index in [2.05, 4.69) is 52.8 Å². The largest absolute Gasteiger partial charge is 0.348 e. The molecule has 0 radical (unpaired) electrons. The van der Waals surface area contributed by atoms with Gasteiger partial charge in [-0.15, -0.1) is 5.10 Å². The first-order chi connectivity index (χ1) is 14.8. The first-order valence-electron chi connectivity index (χ1n) is 11.3. The molecule has 4 aromatic heterocycles. The summed E-state index contributed by atoms with van der Waals surface area (Å²) in [6, 6.07) is 6.48. The minimum Gasteiger partial charge on any atom is -0.348 e. The second-order valence-electron chi connectivity index (χ2n) is 10.2. The van der Waals surface area contributed by atoms with Crippen molar-refractivity contribution in [3.8, 4) is 11.3 Å². The van der Waals surface area contributed by atoms with Gasteiger partial charge in [-0.1, -0.05) is 6.92 Å². The van der Waals surface area contributed by atoms with Crippen LogP contribution in [-0.2, 0) is 0 Å². The standard InChI is InChI=1S/C24H29N7/c1-15(2)31-16(3)26-19-6-5-18(27-21(19)31)17-7-12-30-20(17)13-25-22(29-30)28-24-10-8-23(4,14-24)9-11-24/h5-7,12-13,15H,8-11,14H2,1-4H3,(H,28,29). The highest BCUT2D eigenvalue weighted by atomic mass is 15.3. The van der Waals surface area contributed by atoms with Gasteiger partial charge in [-0.25, -0.2) is 19.5 Å². The molecule has 1 N–H and O–H groups in total. The van der Waals surface area contributed by atoms with Gasteiger partial charge in [0, 0.05) is 23.3 Å². The number of rotatable bonds is 4. The van der Waals surface area contributed by atoms with Crippen LogP contribution < -0.4 is 5.32 Å². The van der Waals surface area contributed by atoms with Crippen LogP contribution in [0.4, 0.5) is 5.95 Å². The molecule has 2 aliphatic rings. The monoisotopic (exact) mass is 415 g/mol. The van der Waals surface area contributed by atoms with Gasteiger partial charge in [-0.3, -0.25) is 0 Å². The fraction of sp³-hybridized carbons (Fsp3) is 0.500. The fourth-order valence-corrected chi connectivity index (χ4v) is 5.94. The summed E-state index contributed by atoms with van der Waals surface area (Å²) in [5.74, 6) is 1.71. The van der Waals surface area contributed by atoms with Crippen molar-refractivity contribution in [3.63, 3.8) is 0 Å². The third-order valence-corrected chi connectivity index (χ3v) is 7.48. The summed E-state index contributed by atoms with van der Waals surface area (Å²) in [4.78, 5) is 14.3. The summed E-state index contributed by atoms with van der Waals surface area (Å²) >= 11 is 0. The van der Waals surface area contributed by atoms with Crippen molar-refractivity contribution in [2.75, 3.05) is 5.32 Å². The molecule has 0 aliphatic heterocycles. The Morgan fingerprint density at radius 2 is 1.87 bits per heavy atom. The predicted molar refractivity (Wildman–Crippen MR) is 122 cm³/mol. The van der Waals surface area contributed by atoms with E-state index in [1.165, 1.54) is 32.1 Å². The number of imidazole rings is 1. The van der Waals surface area contributed by atoms with E-state index in [1.807, 2.05) is 29.9 Å². The highest BCUT2D eigenvalue weighted by Crippen LogP contribution is 2.57. The van der Waals surface area contributed by atoms with E-state index in [-0.39, 0.29) is 5.54 Å². The SMILES string of the molecule is Cc1nc2ccc(-c3ccn4nc(NC56CCC(C)(CC5)C6)ncc34)nc2n1C(C)C. The van der Waals surface area contributed by atoms with Crippen molar-refractivity contribution in [1.29, 1.82) is 0 Å². The predicted octanol–water partition coefficient (Wildman–Crippen LogP) is 5.17. The number of hydrogen-bond acceptors (Lipinski definition) is 5. The Kier molecular flexibility index (Phi) is 3.80. The number of fused-ring (bicyclic) bond motifs is 4. The molecule has 0 saturated heterocycles. The lowest BCUT2D eigenvalue weighted by atomic mass is 9.86. The summed E-state index contributed by atoms with van der Waals surface area (Å²) < 4.78 is 4.10. The molecule has 2 saturated carbocycles. The van der Waals surface area contributed by atoms with Gasteiger partial charge in [-0.05, 0) is 76.5 Å². The van der Waals surface area contributed by atoms with E-state index < -0.39 is 0 Å². The first-order valence-corrected chi connectivity index (χ1v) is 11.3. The van der Waals surface area contributed by atoms with Gasteiger partial charge < -0.3 is 9.88 Å². The molecular weight excluding hydrogens is 386 g/mol. The maximum Gasteiger partial charge on any atom is 0.241 e. The van der Waals surface area contributed by atoms with Crippen LogP contribution in [0.5, 0.6) is 0 Å². The number of aromatic nitrogens is 6. The van der Waals surface area contributed by atoms with Crippen molar-refractivity contribution in [3.05, 3.63) is 36.4 Å². The maximum absolute atomic E-state index is 4.97. The molecule has 0 aromatic carbocycles. The lowest BCUT2D eigenvalue weighted by molar-refractivity contribution is 0.330. The van der Waals surface area contributed by atoms with E-state index in [1.54, 1.807) is 0 Å². The molecule has 6 rings (SSSR count). The topological polar surface area (TPSA) is 72.9 Å². The fourth-order valence-electron chi connectivity index (χ4n) is 5.94. The van der Waals surface area contributed by atoms with Crippen LogP contribution in [-0.4, -0.2) is 34.7 Å². The Morgan fingerprint density at radius 3 is 2.58 bits per heavy atom. The van der Waals surface area contributed by atoms with Crippen molar-refractivity contribution >= 4 is 22.6 Å². The Labute approximate surface area is 181 Å². The van der Waals surface area contributed by atoms with E-state index in [9.17, 15) is 0 Å². The van der Waals surface area contributed by atoms with Crippen molar-refractivity contribution in [1.82, 2.24) is 29.1 Å². The van der Waals surface area contributed by atoms with Gasteiger partial charge >= 0.3 is 0 Å². The molecule has 0 unspecified atom stereocenters. The zero-order valence-electron chi connectivity index (χ0n) is 18.7. The molecule has 0 amide bonds. The summed E-state index contributed by atoms with van der Waals surface area (Å²) in [6.07, 6.45) is 10.2. The number of hydrogen-bond donors (Lipinski definition) is 1. The molecule has 0 spiro atoms. The molecule has 2 fully saturated rings. The van der Waals surface area contributed by atoms with Gasteiger partial charge in [0.25, 0.3) is 0 Å². The van der Waals surface area contributed by atoms with Gasteiger partial charge in [0.05, 0.1) is 17.4 Å². The average Bonchev–Trinajstić information content (AvgIpc) is 3.45. The lowest BCUT2D eigenvalue weighted by Crippen LogP contribution is -2.34. The Hall–Kier alpha value is -2.96. The Balaban J connectivity index is 1.36. The minimum absolute atomic E-state index is 0.179. The van der Waals surface area contributed by atoms with Crippen LogP contribution in [0, 0.1) is 12.3 Å². The maximum atomic E-state index is 4.97. The van der Waals surface area contributed by atoms with Crippen LogP contribution >= 0.6 is 0 Å². The third kappa shape index (κ3) is 2.86. The van der Waals surface area contributed by atoms with Crippen LogP contribution in [0.15, 0.2) is 30.6 Å². The van der Waals surface area contributed by atoms with Crippen LogP contribution in [0.2, 0.25) is 0 Å². The van der Waals surface area contributed by atoms with E-state index in [0.29, 0.717) is 11.5 Å². The number of nitrogens with one attached hydrogen (secondary N) is 1. The van der Waals surface area contributed by atoms with Gasteiger partial charge in [0.1, 0.15) is 11.3 Å². The van der Waals surface area contributed by atoms with Crippen molar-refractivity contribution in [2.45, 2.75) is 71.4 Å². The Morgan fingerprint density at radius 1 is 1.06 bits per heavy atom. The summed E-state index contributed by atoms with van der Waals surface area (Å²) in [6.45, 7) is 8.78. The third-order valence-electron chi connectivity index (χ3n) is 7.48. The van der Waals surface area contributed by atoms with Crippen LogP contribution in [0.3, 0.4) is 0 Å². The average molecular weight is 416 g/mol. The Bertz CT molecular complexity index is 1300. The molecule has 2 aliphatic carbocycles. The van der Waals surface area contributed by atoms with Gasteiger partial charge in [0.2, 0.25) is 5.95 Å². The summed E-state index contributed by atoms with van der Waals surface area (Å²) in [5.41, 5.74) is 5.46. The number of aryl methyl sites for hydroxylation is 1. The number of nitrogens with zero attached hydrogens (tertiary/aromatic N) is 6. The number of pyridine rings is 1. The first kappa shape index (κ1) is 18.8. The number of anilines is 1. The van der Waals surface area contributed by atoms with Crippen molar-refractivity contribution in [2.24, 2.45) is 5.41 Å². The summed E-state index contributed by atoms with van der Waals surface area (Å²) in [5, 5.41) is 8.47. The van der Waals surface area contributed by atoms with Gasteiger partial charge in [0.15, 0.2) is 5.65 Å². The van der Waals surface area contributed by atoms with Crippen molar-refractivity contribution < 1.29 is 0 Å². The molecule has 4 aromatic rings. The zero-order chi connectivity index (χ0) is 21.4. The second-order valence-corrected chi connectivity index (χ2v) is 10.2. The molecule has 7 heteroatoms. The molecule has 2 bridgehead atoms. The second kappa shape index (κ2) is 6.28. The molecule has 0 atom stereocenters. The lowest BCUT2D eigenvalue weighted by Gasteiger charge is -2.28. The van der Waals surface area contributed by atoms with E-state index in [4.69, 9.17) is 10.1 Å². The van der Waals surface area contributed by atoms with E-state index >= 15 is 0 Å².